The van der Waals surface area contributed by atoms with Gasteiger partial charge in [0.1, 0.15) is 10.6 Å². The quantitative estimate of drug-likeness (QED) is 0.540. The first kappa shape index (κ1) is 20.8. The number of amides is 1. The maximum atomic E-state index is 12.6. The van der Waals surface area contributed by atoms with Crippen LogP contribution in [0.15, 0.2) is 52.0 Å². The van der Waals surface area contributed by atoms with E-state index in [2.05, 4.69) is 5.32 Å². The Morgan fingerprint density at radius 3 is 2.35 bits per heavy atom. The van der Waals surface area contributed by atoms with Gasteiger partial charge in [-0.2, -0.15) is 0 Å². The minimum absolute atomic E-state index is 0.0538. The second kappa shape index (κ2) is 10.0. The van der Waals surface area contributed by atoms with Crippen LogP contribution in [0.3, 0.4) is 0 Å². The third kappa shape index (κ3) is 5.76. The van der Waals surface area contributed by atoms with E-state index in [1.165, 1.54) is 0 Å². The Hall–Kier alpha value is -1.49. The lowest BCUT2D eigenvalue weighted by Crippen LogP contribution is -2.39. The van der Waals surface area contributed by atoms with E-state index in [0.717, 1.165) is 5.56 Å². The molecular weight excluding hydrogens is 397 g/mol. The Labute approximate surface area is 168 Å². The van der Waals surface area contributed by atoms with Crippen molar-refractivity contribution in [2.75, 3.05) is 0 Å². The second-order valence-electron chi connectivity index (χ2n) is 6.05. The van der Waals surface area contributed by atoms with Crippen molar-refractivity contribution in [1.29, 1.82) is 0 Å². The van der Waals surface area contributed by atoms with Gasteiger partial charge in [0.2, 0.25) is 5.91 Å². The lowest BCUT2D eigenvalue weighted by molar-refractivity contribution is -0.155. The van der Waals surface area contributed by atoms with Crippen LogP contribution in [0.4, 0.5) is 0 Å². The fourth-order valence-electron chi connectivity index (χ4n) is 2.75. The van der Waals surface area contributed by atoms with E-state index >= 15 is 0 Å². The van der Waals surface area contributed by atoms with Crippen molar-refractivity contribution >= 4 is 46.7 Å². The Balaban J connectivity index is 2.00. The third-order valence-electron chi connectivity index (χ3n) is 4.21. The molecule has 0 radical (unpaired) electrons. The van der Waals surface area contributed by atoms with Crippen LogP contribution in [0.1, 0.15) is 25.3 Å². The van der Waals surface area contributed by atoms with Gasteiger partial charge in [0.25, 0.3) is 0 Å². The number of hydrogen-bond donors (Lipinski definition) is 1. The molecule has 0 unspecified atom stereocenters. The molecular formula is C19H20Cl3NO3. The summed E-state index contributed by atoms with van der Waals surface area (Å²) in [6, 6.07) is 9.59. The summed E-state index contributed by atoms with van der Waals surface area (Å²) in [5.74, 6) is -1.73. The second-order valence-corrected chi connectivity index (χ2v) is 7.40. The molecule has 0 aliphatic heterocycles. The number of carbonyl (C=O) groups is 2. The van der Waals surface area contributed by atoms with E-state index in [1.807, 2.05) is 42.5 Å². The zero-order valence-electron chi connectivity index (χ0n) is 14.3. The van der Waals surface area contributed by atoms with E-state index in [9.17, 15) is 9.59 Å². The molecule has 0 aromatic heterocycles. The van der Waals surface area contributed by atoms with Crippen molar-refractivity contribution in [1.82, 2.24) is 5.32 Å². The van der Waals surface area contributed by atoms with Crippen molar-refractivity contribution in [2.45, 2.75) is 32.4 Å². The Morgan fingerprint density at radius 2 is 1.73 bits per heavy atom. The molecule has 1 aliphatic carbocycles. The van der Waals surface area contributed by atoms with Crippen LogP contribution < -0.4 is 5.32 Å². The number of nitrogens with one attached hydrogen (secondary N) is 1. The van der Waals surface area contributed by atoms with Crippen molar-refractivity contribution in [2.24, 2.45) is 11.8 Å². The average molecular weight is 417 g/mol. The number of rotatable bonds is 6. The molecule has 1 amide bonds. The summed E-state index contributed by atoms with van der Waals surface area (Å²) in [7, 11) is 0. The van der Waals surface area contributed by atoms with Gasteiger partial charge in [0.05, 0.1) is 16.9 Å². The fraction of sp³-hybridized carbons (Fsp3) is 0.368. The largest absolute Gasteiger partial charge is 0.457 e. The molecule has 0 heterocycles. The van der Waals surface area contributed by atoms with Crippen molar-refractivity contribution in [3.8, 4) is 0 Å². The van der Waals surface area contributed by atoms with Crippen LogP contribution >= 0.6 is 34.8 Å². The monoisotopic (exact) mass is 415 g/mol. The summed E-state index contributed by atoms with van der Waals surface area (Å²) in [6.45, 7) is 1.99. The predicted octanol–water partition coefficient (Wildman–Crippen LogP) is 4.70. The minimum Gasteiger partial charge on any atom is -0.457 e. The van der Waals surface area contributed by atoms with Gasteiger partial charge in [-0.25, -0.2) is 0 Å². The lowest BCUT2D eigenvalue weighted by atomic mass is 9.82. The maximum Gasteiger partial charge on any atom is 0.310 e. The van der Waals surface area contributed by atoms with Gasteiger partial charge in [0.15, 0.2) is 0 Å². The highest BCUT2D eigenvalue weighted by Crippen LogP contribution is 2.29. The van der Waals surface area contributed by atoms with Crippen LogP contribution in [-0.2, 0) is 20.9 Å². The molecule has 0 fully saturated rings. The molecule has 140 valence electrons. The van der Waals surface area contributed by atoms with E-state index in [1.54, 1.807) is 6.92 Å². The van der Waals surface area contributed by atoms with Crippen LogP contribution in [0.5, 0.6) is 0 Å². The van der Waals surface area contributed by atoms with Gasteiger partial charge in [0, 0.05) is 6.54 Å². The van der Waals surface area contributed by atoms with Crippen molar-refractivity contribution in [3.63, 3.8) is 0 Å². The van der Waals surface area contributed by atoms with Crippen LogP contribution in [0.2, 0.25) is 0 Å². The molecule has 1 aromatic carbocycles. The van der Waals surface area contributed by atoms with Gasteiger partial charge in [-0.05, 0) is 25.3 Å². The first-order valence-electron chi connectivity index (χ1n) is 8.28. The summed E-state index contributed by atoms with van der Waals surface area (Å²) < 4.78 is 5.20. The van der Waals surface area contributed by atoms with Crippen LogP contribution in [-0.4, -0.2) is 18.0 Å². The number of allylic oxidation sites excluding steroid dienone is 2. The number of ether oxygens (including phenoxy) is 1. The number of benzene rings is 1. The molecule has 0 saturated carbocycles. The zero-order chi connectivity index (χ0) is 19.1. The highest BCUT2D eigenvalue weighted by Gasteiger charge is 2.36. The number of esters is 1. The summed E-state index contributed by atoms with van der Waals surface area (Å²) in [6.07, 6.45) is 3.93. The first-order valence-corrected chi connectivity index (χ1v) is 9.41. The van der Waals surface area contributed by atoms with Gasteiger partial charge in [-0.1, -0.05) is 77.3 Å². The number of halogens is 3. The van der Waals surface area contributed by atoms with Crippen LogP contribution in [0.25, 0.3) is 0 Å². The molecule has 1 N–H and O–H groups in total. The minimum atomic E-state index is -0.770. The summed E-state index contributed by atoms with van der Waals surface area (Å²) in [4.78, 5) is 25.1. The molecule has 1 aliphatic rings. The molecule has 0 spiro atoms. The maximum absolute atomic E-state index is 12.6. The summed E-state index contributed by atoms with van der Waals surface area (Å²) in [5.41, 5.74) is 0.994. The normalized spacial score (nSPS) is 20.2. The lowest BCUT2D eigenvalue weighted by Gasteiger charge is -2.27. The van der Waals surface area contributed by atoms with Crippen molar-refractivity contribution in [3.05, 3.63) is 57.6 Å². The molecule has 1 aromatic rings. The topological polar surface area (TPSA) is 55.4 Å². The molecule has 7 heteroatoms. The number of carbonyl (C=O) groups excluding carboxylic acids is 2. The Bertz CT molecular complexity index is 699. The highest BCUT2D eigenvalue weighted by molar-refractivity contribution is 6.59. The molecule has 0 bridgehead atoms. The fourth-order valence-corrected chi connectivity index (χ4v) is 3.10. The molecule has 0 saturated heterocycles. The Kier molecular flexibility index (Phi) is 8.01. The van der Waals surface area contributed by atoms with Gasteiger partial charge in [-0.3, -0.25) is 9.59 Å². The molecule has 2 rings (SSSR count). The average Bonchev–Trinajstić information content (AvgIpc) is 2.66. The van der Waals surface area contributed by atoms with E-state index < -0.39 is 23.9 Å². The number of hydrogen-bond acceptors (Lipinski definition) is 3. The summed E-state index contributed by atoms with van der Waals surface area (Å²) >= 11 is 17.1. The molecule has 4 nitrogen and oxygen atoms in total. The summed E-state index contributed by atoms with van der Waals surface area (Å²) in [5, 5.41) is 2.94. The standard InChI is InChI=1S/C19H20Cl3NO3/c1-12(16(20)17(21)22)26-19(25)15-10-6-5-9-14(15)18(24)23-11-13-7-3-2-4-8-13/h2-8,12,14-15H,9-11H2,1H3,(H,23,24)/t12-,14+,15-/m1/s1. The van der Waals surface area contributed by atoms with Crippen molar-refractivity contribution < 1.29 is 14.3 Å². The molecule has 3 atom stereocenters. The van der Waals surface area contributed by atoms with Gasteiger partial charge >= 0.3 is 5.97 Å². The Morgan fingerprint density at radius 1 is 1.12 bits per heavy atom. The zero-order valence-corrected chi connectivity index (χ0v) is 16.5. The van der Waals surface area contributed by atoms with E-state index in [-0.39, 0.29) is 15.4 Å². The first-order chi connectivity index (χ1) is 12.4. The predicted molar refractivity (Wildman–Crippen MR) is 104 cm³/mol. The van der Waals surface area contributed by atoms with Gasteiger partial charge in [-0.15, -0.1) is 0 Å². The van der Waals surface area contributed by atoms with E-state index in [4.69, 9.17) is 39.5 Å². The molecule has 26 heavy (non-hydrogen) atoms. The van der Waals surface area contributed by atoms with Crippen LogP contribution in [0, 0.1) is 11.8 Å². The third-order valence-corrected chi connectivity index (χ3v) is 5.31. The highest BCUT2D eigenvalue weighted by atomic mass is 35.5. The SMILES string of the molecule is C[C@@H](OC(=O)[C@@H]1CC=CC[C@@H]1C(=O)NCc1ccccc1)C(Cl)=C(Cl)Cl. The van der Waals surface area contributed by atoms with Gasteiger partial charge < -0.3 is 10.1 Å². The smallest absolute Gasteiger partial charge is 0.310 e. The van der Waals surface area contributed by atoms with E-state index in [0.29, 0.717) is 19.4 Å².